The summed E-state index contributed by atoms with van der Waals surface area (Å²) in [6, 6.07) is 8.71. The van der Waals surface area contributed by atoms with Crippen LogP contribution in [-0.4, -0.2) is 53.0 Å². The molecule has 4 heterocycles. The minimum absolute atomic E-state index is 0.0184. The lowest BCUT2D eigenvalue weighted by Crippen LogP contribution is -2.51. The Morgan fingerprint density at radius 2 is 2.04 bits per heavy atom. The Hall–Kier alpha value is -2.90. The molecule has 3 aliphatic heterocycles. The van der Waals surface area contributed by atoms with Crippen molar-refractivity contribution in [2.75, 3.05) is 18.0 Å². The first-order valence-electron chi connectivity index (χ1n) is 9.43. The minimum atomic E-state index is -0.431. The summed E-state index contributed by atoms with van der Waals surface area (Å²) >= 11 is 0. The maximum atomic E-state index is 12.4. The molecule has 0 aliphatic carbocycles. The van der Waals surface area contributed by atoms with Crippen molar-refractivity contribution in [2.45, 2.75) is 49.9 Å². The number of hydrogen-bond acceptors (Lipinski definition) is 6. The zero-order valence-electron chi connectivity index (χ0n) is 15.1. The summed E-state index contributed by atoms with van der Waals surface area (Å²) in [5.41, 5.74) is 0.577. The average molecular weight is 362 g/mol. The fourth-order valence-corrected chi connectivity index (χ4v) is 4.55. The standard InChI is InChI=1S/C20H22N6O/c21-10-14-3-6-19(24-12-14)26-16-4-5-17(26)9-15(8-16)23-13-20(27)25-7-1-2-18(25)11-22/h1-3,6,12,15-18,23H,4-5,7-9,13H2/t16-,17-,18?/m0/s1. The third-order valence-electron chi connectivity index (χ3n) is 5.83. The summed E-state index contributed by atoms with van der Waals surface area (Å²) in [6.07, 6.45) is 9.50. The zero-order chi connectivity index (χ0) is 18.8. The lowest BCUT2D eigenvalue weighted by molar-refractivity contribution is -0.130. The van der Waals surface area contributed by atoms with Crippen LogP contribution in [0.1, 0.15) is 31.2 Å². The van der Waals surface area contributed by atoms with Crippen molar-refractivity contribution < 1.29 is 4.79 Å². The second-order valence-corrected chi connectivity index (χ2v) is 7.41. The summed E-state index contributed by atoms with van der Waals surface area (Å²) < 4.78 is 0. The highest BCUT2D eigenvalue weighted by Gasteiger charge is 2.41. The molecule has 3 aliphatic rings. The monoisotopic (exact) mass is 362 g/mol. The molecule has 138 valence electrons. The van der Waals surface area contributed by atoms with Gasteiger partial charge in [0.2, 0.25) is 5.91 Å². The van der Waals surface area contributed by atoms with Crippen LogP contribution in [0.3, 0.4) is 0 Å². The van der Waals surface area contributed by atoms with E-state index in [1.54, 1.807) is 17.2 Å². The van der Waals surface area contributed by atoms with Gasteiger partial charge < -0.3 is 15.1 Å². The number of nitrogens with zero attached hydrogens (tertiary/aromatic N) is 5. The average Bonchev–Trinajstić information content (AvgIpc) is 3.28. The topological polar surface area (TPSA) is 96.0 Å². The molecule has 0 spiro atoms. The van der Waals surface area contributed by atoms with Gasteiger partial charge in [-0.1, -0.05) is 6.08 Å². The van der Waals surface area contributed by atoms with Crippen LogP contribution < -0.4 is 10.2 Å². The molecule has 0 aromatic carbocycles. The second-order valence-electron chi connectivity index (χ2n) is 7.41. The van der Waals surface area contributed by atoms with Crippen molar-refractivity contribution in [2.24, 2.45) is 0 Å². The number of pyridine rings is 1. The number of carbonyl (C=O) groups excluding carboxylic acids is 1. The van der Waals surface area contributed by atoms with E-state index in [9.17, 15) is 4.79 Å². The van der Waals surface area contributed by atoms with E-state index in [2.05, 4.69) is 27.3 Å². The SMILES string of the molecule is N#Cc1ccc(N2[C@H]3CC[C@H]2CC(NCC(=O)N2CC=CC2C#N)C3)nc1. The van der Waals surface area contributed by atoms with E-state index >= 15 is 0 Å². The highest BCUT2D eigenvalue weighted by molar-refractivity contribution is 5.80. The van der Waals surface area contributed by atoms with Crippen molar-refractivity contribution in [3.05, 3.63) is 36.0 Å². The Morgan fingerprint density at radius 3 is 2.67 bits per heavy atom. The molecule has 1 N–H and O–H groups in total. The summed E-state index contributed by atoms with van der Waals surface area (Å²) in [6.45, 7) is 0.797. The van der Waals surface area contributed by atoms with Crippen LogP contribution in [0.2, 0.25) is 0 Å². The van der Waals surface area contributed by atoms with Gasteiger partial charge in [-0.15, -0.1) is 0 Å². The van der Waals surface area contributed by atoms with Gasteiger partial charge in [0.1, 0.15) is 17.9 Å². The normalized spacial score (nSPS) is 28.8. The Bertz CT molecular complexity index is 806. The fourth-order valence-electron chi connectivity index (χ4n) is 4.55. The van der Waals surface area contributed by atoms with Crippen molar-refractivity contribution in [1.82, 2.24) is 15.2 Å². The number of aromatic nitrogens is 1. The smallest absolute Gasteiger partial charge is 0.238 e. The summed E-state index contributed by atoms with van der Waals surface area (Å²) in [5, 5.41) is 21.5. The van der Waals surface area contributed by atoms with Crippen molar-refractivity contribution in [3.63, 3.8) is 0 Å². The first-order valence-corrected chi connectivity index (χ1v) is 9.43. The quantitative estimate of drug-likeness (QED) is 0.812. The predicted octanol–water partition coefficient (Wildman–Crippen LogP) is 1.33. The van der Waals surface area contributed by atoms with Gasteiger partial charge in [0.15, 0.2) is 0 Å². The first kappa shape index (κ1) is 17.5. The molecule has 1 amide bonds. The van der Waals surface area contributed by atoms with E-state index in [1.165, 1.54) is 0 Å². The number of amides is 1. The van der Waals surface area contributed by atoms with Crippen LogP contribution in [0.25, 0.3) is 0 Å². The number of hydrogen-bond donors (Lipinski definition) is 1. The Kier molecular flexibility index (Phi) is 4.79. The van der Waals surface area contributed by atoms with Gasteiger partial charge in [0.25, 0.3) is 0 Å². The molecule has 0 radical (unpaired) electrons. The molecule has 4 rings (SSSR count). The maximum absolute atomic E-state index is 12.4. The van der Waals surface area contributed by atoms with Gasteiger partial charge in [-0.25, -0.2) is 4.98 Å². The van der Waals surface area contributed by atoms with Crippen molar-refractivity contribution >= 4 is 11.7 Å². The third-order valence-corrected chi connectivity index (χ3v) is 5.83. The highest BCUT2D eigenvalue weighted by atomic mass is 16.2. The summed E-state index contributed by atoms with van der Waals surface area (Å²) in [5.74, 6) is 0.922. The molecule has 1 unspecified atom stereocenters. The molecular weight excluding hydrogens is 340 g/mol. The number of piperidine rings is 1. The van der Waals surface area contributed by atoms with Crippen LogP contribution in [0.5, 0.6) is 0 Å². The van der Waals surface area contributed by atoms with Crippen LogP contribution in [0, 0.1) is 22.7 Å². The van der Waals surface area contributed by atoms with Crippen LogP contribution in [0.4, 0.5) is 5.82 Å². The second kappa shape index (κ2) is 7.38. The van der Waals surface area contributed by atoms with E-state index in [1.807, 2.05) is 18.2 Å². The Labute approximate surface area is 158 Å². The lowest BCUT2D eigenvalue weighted by atomic mass is 9.97. The summed E-state index contributed by atoms with van der Waals surface area (Å²) in [4.78, 5) is 20.9. The van der Waals surface area contributed by atoms with Gasteiger partial charge in [-0.2, -0.15) is 10.5 Å². The lowest BCUT2D eigenvalue weighted by Gasteiger charge is -2.40. The first-order chi connectivity index (χ1) is 13.2. The van der Waals surface area contributed by atoms with E-state index < -0.39 is 6.04 Å². The molecule has 7 nitrogen and oxygen atoms in total. The van der Waals surface area contributed by atoms with E-state index in [0.29, 0.717) is 30.2 Å². The number of nitriles is 2. The molecular formula is C20H22N6O. The molecule has 2 bridgehead atoms. The van der Waals surface area contributed by atoms with Crippen molar-refractivity contribution in [3.8, 4) is 12.1 Å². The highest BCUT2D eigenvalue weighted by Crippen LogP contribution is 2.38. The van der Waals surface area contributed by atoms with Crippen LogP contribution in [0.15, 0.2) is 30.5 Å². The molecule has 1 aromatic heterocycles. The predicted molar refractivity (Wildman–Crippen MR) is 99.5 cm³/mol. The minimum Gasteiger partial charge on any atom is -0.351 e. The van der Waals surface area contributed by atoms with Gasteiger partial charge in [0.05, 0.1) is 18.2 Å². The fraction of sp³-hybridized carbons (Fsp3) is 0.500. The molecule has 27 heavy (non-hydrogen) atoms. The number of carbonyl (C=O) groups is 1. The largest absolute Gasteiger partial charge is 0.351 e. The van der Waals surface area contributed by atoms with Gasteiger partial charge >= 0.3 is 0 Å². The maximum Gasteiger partial charge on any atom is 0.238 e. The van der Waals surface area contributed by atoms with Crippen LogP contribution in [-0.2, 0) is 4.79 Å². The third kappa shape index (κ3) is 3.39. The number of rotatable bonds is 4. The van der Waals surface area contributed by atoms with Gasteiger partial charge in [-0.05, 0) is 43.9 Å². The molecule has 7 heteroatoms. The Morgan fingerprint density at radius 1 is 1.26 bits per heavy atom. The zero-order valence-corrected chi connectivity index (χ0v) is 15.1. The number of anilines is 1. The molecule has 2 saturated heterocycles. The Balaban J connectivity index is 1.34. The molecule has 2 fully saturated rings. The number of fused-ring (bicyclic) bond motifs is 2. The number of nitrogens with one attached hydrogen (secondary N) is 1. The van der Waals surface area contributed by atoms with E-state index in [4.69, 9.17) is 10.5 Å². The molecule has 1 aromatic rings. The van der Waals surface area contributed by atoms with Gasteiger partial charge in [-0.3, -0.25) is 4.79 Å². The van der Waals surface area contributed by atoms with Crippen LogP contribution >= 0.6 is 0 Å². The molecule has 0 saturated carbocycles. The van der Waals surface area contributed by atoms with E-state index in [-0.39, 0.29) is 12.5 Å². The van der Waals surface area contributed by atoms with E-state index in [0.717, 1.165) is 31.5 Å². The summed E-state index contributed by atoms with van der Waals surface area (Å²) in [7, 11) is 0. The van der Waals surface area contributed by atoms with Gasteiger partial charge in [0, 0.05) is 30.9 Å². The van der Waals surface area contributed by atoms with Crippen molar-refractivity contribution in [1.29, 1.82) is 10.5 Å². The molecule has 3 atom stereocenters.